The van der Waals surface area contributed by atoms with E-state index in [-0.39, 0.29) is 79.5 Å². The van der Waals surface area contributed by atoms with Gasteiger partial charge in [-0.3, -0.25) is 14.7 Å². The van der Waals surface area contributed by atoms with Crippen LogP contribution in [-0.4, -0.2) is 147 Å². The number of benzene rings is 3. The third-order valence-corrected chi connectivity index (χ3v) is 18.4. The van der Waals surface area contributed by atoms with Crippen LogP contribution in [-0.2, 0) is 43.3 Å². The van der Waals surface area contributed by atoms with Gasteiger partial charge in [0.15, 0.2) is 17.4 Å². The Bertz CT molecular complexity index is 2670. The number of fused-ring (bicyclic) bond motifs is 8. The molecule has 19 heteroatoms. The number of nitrogens with zero attached hydrogens (tertiary/aromatic N) is 4. The van der Waals surface area contributed by atoms with Crippen LogP contribution in [0.25, 0.3) is 0 Å². The van der Waals surface area contributed by atoms with Gasteiger partial charge >= 0.3 is 43.4 Å². The number of alkyl carbamates (subject to hydrolysis) is 2. The number of piperidine rings is 4. The van der Waals surface area contributed by atoms with E-state index in [4.69, 9.17) is 29.9 Å². The van der Waals surface area contributed by atoms with Crippen LogP contribution in [0.2, 0.25) is 0 Å². The smallest absolute Gasteiger partial charge is 1.00 e. The Morgan fingerprint density at radius 2 is 0.750 bits per heavy atom. The van der Waals surface area contributed by atoms with Gasteiger partial charge in [-0.25, -0.2) is 19.2 Å². The zero-order valence-corrected chi connectivity index (χ0v) is 57.7. The molecule has 8 atom stereocenters. The van der Waals surface area contributed by atoms with Crippen LogP contribution < -0.4 is 40.5 Å². The van der Waals surface area contributed by atoms with Crippen molar-refractivity contribution in [3.63, 3.8) is 0 Å². The largest absolute Gasteiger partial charge is 1.00 e. The Labute approximate surface area is 606 Å². The summed E-state index contributed by atoms with van der Waals surface area (Å²) in [7, 11) is 0. The van der Waals surface area contributed by atoms with E-state index >= 15 is 0 Å². The minimum atomic E-state index is -1.06. The molecule has 8 aliphatic rings. The molecule has 0 radical (unpaired) electrons. The molecule has 3 aromatic rings. The zero-order chi connectivity index (χ0) is 65.2. The van der Waals surface area contributed by atoms with E-state index in [0.29, 0.717) is 54.0 Å². The number of nitrogens with two attached hydrogens (primary N) is 1. The first-order valence-electron chi connectivity index (χ1n) is 33.9. The van der Waals surface area contributed by atoms with Crippen molar-refractivity contribution in [1.29, 1.82) is 5.26 Å². The molecule has 8 bridgehead atoms. The maximum Gasteiger partial charge on any atom is 1.00 e. The van der Waals surface area contributed by atoms with E-state index in [1.165, 1.54) is 107 Å². The number of hydrogen-bond acceptors (Lipinski definition) is 15. The average molecular weight is 1350 g/mol. The van der Waals surface area contributed by atoms with Crippen LogP contribution in [0.15, 0.2) is 91.0 Å². The number of rotatable bonds is 11. The van der Waals surface area contributed by atoms with Crippen molar-refractivity contribution in [2.75, 3.05) is 19.6 Å². The van der Waals surface area contributed by atoms with Crippen LogP contribution in [0.5, 0.6) is 0 Å². The van der Waals surface area contributed by atoms with E-state index in [1.54, 1.807) is 41.5 Å². The summed E-state index contributed by atoms with van der Waals surface area (Å²) in [5.74, 6) is 2.27. The van der Waals surface area contributed by atoms with Gasteiger partial charge in [0.2, 0.25) is 0 Å². The van der Waals surface area contributed by atoms with Crippen LogP contribution in [0.4, 0.5) is 19.2 Å². The third-order valence-electron chi connectivity index (χ3n) is 18.4. The molecule has 17 nitrogen and oxygen atoms in total. The number of carbonyl (C=O) groups excluding carboxylic acids is 4. The van der Waals surface area contributed by atoms with Gasteiger partial charge in [-0.15, -0.1) is 0 Å². The monoisotopic (exact) mass is 1350 g/mol. The van der Waals surface area contributed by atoms with Crippen LogP contribution in [0, 0.1) is 35.0 Å². The van der Waals surface area contributed by atoms with Gasteiger partial charge in [0.05, 0.1) is 6.07 Å². The van der Waals surface area contributed by atoms with Crippen molar-refractivity contribution in [3.8, 4) is 6.07 Å². The summed E-state index contributed by atoms with van der Waals surface area (Å²) in [4.78, 5) is 53.4. The van der Waals surface area contributed by atoms with Gasteiger partial charge in [0.1, 0.15) is 22.4 Å². The summed E-state index contributed by atoms with van der Waals surface area (Å²) < 4.78 is 24.4. The standard InChI is InChI=1S/C20H30N2O2.C15H22N2.C15H18N2.C13H24N2O2.C10H18O5.4CH4.Al.Li.4H/c1-20(2,3)24-19(23)21-13-16-11-17-9-10-18(12-16)22(17)14-15-7-5-4-6-8-15;2*16-10-13-8-14-6-7-15(9-13)17(14)11-12-4-2-1-3-5-12;1-13(2,3)17-12(16)14-8-9-6-10-4-5-11(7-9)15-10;1-9(2,3)14-7(11)13-8(12)15-10(4,5)6;;;;;;;;;;/h4-8,16-18H,9-14H2,1-3H3,(H,21,23);1-5,13-15H,6-11,16H2;1-5,13-15H,6-9,11H2;9-11,15H,4-8H2,1-3H3,(H,14,16);1-6H3;4*1H4;;;;;;/q;;;;;;;;;;+1;;;;-1. The Balaban J connectivity index is 0.00000118. The molecule has 0 aliphatic carbocycles. The molecule has 8 fully saturated rings. The van der Waals surface area contributed by atoms with Crippen molar-refractivity contribution >= 4 is 41.9 Å². The molecule has 8 heterocycles. The third kappa shape index (κ3) is 31.3. The molecule has 11 rings (SSSR count). The number of hydrogen-bond donors (Lipinski definition) is 4. The molecule has 0 spiro atoms. The van der Waals surface area contributed by atoms with E-state index in [9.17, 15) is 19.2 Å². The Hall–Kier alpha value is -4.64. The molecule has 8 aliphatic heterocycles. The summed E-state index contributed by atoms with van der Waals surface area (Å²) in [5.41, 5.74) is 7.87. The zero-order valence-electron chi connectivity index (χ0n) is 58.7. The van der Waals surface area contributed by atoms with E-state index in [0.717, 1.165) is 70.1 Å². The SMILES string of the molecule is C.C.C.C.CC(C)(C)OC(=O)NCC1CC2CCC(C1)N2.CC(C)(C)OC(=O)NCC1CC2CCC(C1)N2Cc1ccccc1.CC(C)(C)OC(=O)OC(=O)OC(C)(C)C.N#CC1CC2CCC(C1)N2Cc1ccccc1.NCC1CC2CCC(C1)N2Cc1ccccc1.[AlH3].[H-].[Li+]. The molecule has 0 aromatic heterocycles. The summed E-state index contributed by atoms with van der Waals surface area (Å²) in [5, 5.41) is 18.5. The first kappa shape index (κ1) is 89.4. The molecule has 96 heavy (non-hydrogen) atoms. The molecule has 0 saturated carbocycles. The molecule has 3 aromatic carbocycles. The minimum Gasteiger partial charge on any atom is -1.00 e. The molecular formula is C77H132AlLiN8O9. The Morgan fingerprint density at radius 3 is 1.03 bits per heavy atom. The first-order chi connectivity index (χ1) is 42.6. The fraction of sp³-hybridized carbons (Fsp3) is 0.701. The van der Waals surface area contributed by atoms with Crippen molar-refractivity contribution in [2.45, 2.75) is 306 Å². The first-order valence-corrected chi connectivity index (χ1v) is 33.9. The van der Waals surface area contributed by atoms with Gasteiger partial charge in [-0.05, 0) is 227 Å². The second-order valence-electron chi connectivity index (χ2n) is 30.6. The molecular weight excluding hydrogens is 1210 g/mol. The number of ether oxygens (including phenoxy) is 5. The van der Waals surface area contributed by atoms with Gasteiger partial charge in [-0.1, -0.05) is 121 Å². The van der Waals surface area contributed by atoms with Crippen LogP contribution in [0.3, 0.4) is 0 Å². The maximum absolute atomic E-state index is 11.8. The van der Waals surface area contributed by atoms with E-state index in [1.807, 2.05) is 41.5 Å². The van der Waals surface area contributed by atoms with Gasteiger partial charge in [0.25, 0.3) is 0 Å². The Kier molecular flexibility index (Phi) is 38.9. The normalized spacial score (nSPS) is 25.9. The summed E-state index contributed by atoms with van der Waals surface area (Å²) in [6.45, 7) is 27.0. The topological polar surface area (TPSA) is 210 Å². The maximum atomic E-state index is 11.8. The summed E-state index contributed by atoms with van der Waals surface area (Å²) in [6, 6.07) is 40.4. The fourth-order valence-corrected chi connectivity index (χ4v) is 14.7. The summed E-state index contributed by atoms with van der Waals surface area (Å²) in [6.07, 6.45) is 17.4. The fourth-order valence-electron chi connectivity index (χ4n) is 14.7. The quantitative estimate of drug-likeness (QED) is 0.0609. The van der Waals surface area contributed by atoms with Crippen LogP contribution >= 0.6 is 0 Å². The van der Waals surface area contributed by atoms with Crippen molar-refractivity contribution in [3.05, 3.63) is 108 Å². The molecule has 5 N–H and O–H groups in total. The number of carbonyl (C=O) groups is 4. The summed E-state index contributed by atoms with van der Waals surface area (Å²) >= 11 is 0. The van der Waals surface area contributed by atoms with Crippen molar-refractivity contribution in [2.24, 2.45) is 29.4 Å². The average Bonchev–Trinajstić information content (AvgIpc) is 1.70. The number of nitrogens with one attached hydrogen (secondary N) is 3. The van der Waals surface area contributed by atoms with Gasteiger partial charge in [-0.2, -0.15) is 5.26 Å². The van der Waals surface area contributed by atoms with Crippen molar-refractivity contribution in [1.82, 2.24) is 30.7 Å². The predicted molar refractivity (Wildman–Crippen MR) is 392 cm³/mol. The number of nitriles is 1. The number of amides is 2. The predicted octanol–water partition coefficient (Wildman–Crippen LogP) is 12.7. The van der Waals surface area contributed by atoms with Crippen LogP contribution in [0.1, 0.15) is 234 Å². The van der Waals surface area contributed by atoms with E-state index < -0.39 is 34.7 Å². The minimum absolute atomic E-state index is 0. The second-order valence-corrected chi connectivity index (χ2v) is 30.6. The van der Waals surface area contributed by atoms with E-state index in [2.05, 4.69) is 132 Å². The Morgan fingerprint density at radius 1 is 0.469 bits per heavy atom. The molecule has 8 unspecified atom stereocenters. The molecule has 2 amide bonds. The van der Waals surface area contributed by atoms with Gasteiger partial charge < -0.3 is 46.8 Å². The molecule has 538 valence electrons. The van der Waals surface area contributed by atoms with Gasteiger partial charge in [0, 0.05) is 87.0 Å². The molecule has 8 saturated heterocycles. The second kappa shape index (κ2) is 41.8. The van der Waals surface area contributed by atoms with Crippen molar-refractivity contribution < 1.29 is 63.1 Å².